The van der Waals surface area contributed by atoms with Gasteiger partial charge in [-0.2, -0.15) is 0 Å². The number of halogens is 1. The van der Waals surface area contributed by atoms with E-state index in [0.29, 0.717) is 31.1 Å². The first-order valence-corrected chi connectivity index (χ1v) is 11.7. The smallest absolute Gasteiger partial charge is 0.224 e. The summed E-state index contributed by atoms with van der Waals surface area (Å²) in [5.74, 6) is 0.122. The molecule has 33 heavy (non-hydrogen) atoms. The van der Waals surface area contributed by atoms with Crippen molar-refractivity contribution in [2.45, 2.75) is 32.5 Å². The molecule has 168 valence electrons. The minimum atomic E-state index is 0.122. The average molecular weight is 457 g/mol. The van der Waals surface area contributed by atoms with E-state index < -0.39 is 0 Å². The maximum Gasteiger partial charge on any atom is 0.224 e. The fourth-order valence-corrected chi connectivity index (χ4v) is 4.40. The van der Waals surface area contributed by atoms with Gasteiger partial charge in [-0.1, -0.05) is 96.5 Å². The van der Waals surface area contributed by atoms with E-state index in [0.717, 1.165) is 11.1 Å². The van der Waals surface area contributed by atoms with E-state index in [9.17, 15) is 4.79 Å². The number of nitrogens with one attached hydrogen (secondary N) is 1. The fraction of sp³-hybridized carbons (Fsp3) is 0.207. The van der Waals surface area contributed by atoms with Crippen molar-refractivity contribution >= 4 is 28.3 Å². The number of amides is 1. The second-order valence-electron chi connectivity index (χ2n) is 8.36. The quantitative estimate of drug-likeness (QED) is 0.301. The number of hydrogen-bond donors (Lipinski definition) is 1. The summed E-state index contributed by atoms with van der Waals surface area (Å²) in [6.45, 7) is 3.88. The van der Waals surface area contributed by atoms with Gasteiger partial charge in [-0.15, -0.1) is 0 Å². The molecule has 4 aromatic rings. The molecule has 0 bridgehead atoms. The molecule has 0 aliphatic heterocycles. The number of fused-ring (bicyclic) bond motifs is 1. The van der Waals surface area contributed by atoms with E-state index in [2.05, 4.69) is 66.8 Å². The Morgan fingerprint density at radius 2 is 1.52 bits per heavy atom. The zero-order valence-corrected chi connectivity index (χ0v) is 19.6. The van der Waals surface area contributed by atoms with Crippen LogP contribution in [0.5, 0.6) is 0 Å². The highest BCUT2D eigenvalue weighted by molar-refractivity contribution is 6.30. The molecule has 0 saturated carbocycles. The molecule has 0 radical (unpaired) electrons. The van der Waals surface area contributed by atoms with E-state index in [1.807, 2.05) is 47.4 Å². The topological polar surface area (TPSA) is 32.3 Å². The molecule has 4 heteroatoms. The molecule has 0 aliphatic carbocycles. The molecule has 1 amide bonds. The summed E-state index contributed by atoms with van der Waals surface area (Å²) in [4.78, 5) is 15.1. The number of hydrogen-bond acceptors (Lipinski definition) is 2. The highest BCUT2D eigenvalue weighted by Gasteiger charge is 2.16. The Morgan fingerprint density at radius 1 is 0.848 bits per heavy atom. The number of rotatable bonds is 9. The van der Waals surface area contributed by atoms with Crippen molar-refractivity contribution in [3.63, 3.8) is 0 Å². The van der Waals surface area contributed by atoms with Crippen molar-refractivity contribution in [1.82, 2.24) is 10.2 Å². The first-order valence-electron chi connectivity index (χ1n) is 11.4. The van der Waals surface area contributed by atoms with Gasteiger partial charge in [0.05, 0.1) is 0 Å². The van der Waals surface area contributed by atoms with Gasteiger partial charge in [-0.3, -0.25) is 4.79 Å². The molecule has 0 saturated heterocycles. The van der Waals surface area contributed by atoms with Crippen LogP contribution in [0, 0.1) is 0 Å². The van der Waals surface area contributed by atoms with Crippen LogP contribution in [0.15, 0.2) is 97.1 Å². The zero-order chi connectivity index (χ0) is 23.0. The van der Waals surface area contributed by atoms with Gasteiger partial charge in [0.1, 0.15) is 0 Å². The minimum absolute atomic E-state index is 0.122. The maximum absolute atomic E-state index is 13.2. The lowest BCUT2D eigenvalue weighted by Gasteiger charge is -2.24. The Kier molecular flexibility index (Phi) is 7.77. The van der Waals surface area contributed by atoms with Crippen LogP contribution in [0.4, 0.5) is 0 Å². The van der Waals surface area contributed by atoms with Gasteiger partial charge in [0.15, 0.2) is 0 Å². The molecule has 1 atom stereocenters. The molecule has 1 N–H and O–H groups in total. The van der Waals surface area contributed by atoms with Gasteiger partial charge in [0.2, 0.25) is 5.91 Å². The monoisotopic (exact) mass is 456 g/mol. The van der Waals surface area contributed by atoms with Gasteiger partial charge in [0, 0.05) is 37.1 Å². The number of benzene rings is 4. The third-order valence-electron chi connectivity index (χ3n) is 5.91. The molecular formula is C29H29ClN2O. The van der Waals surface area contributed by atoms with Crippen LogP contribution >= 0.6 is 11.6 Å². The van der Waals surface area contributed by atoms with Crippen molar-refractivity contribution in [2.24, 2.45) is 0 Å². The predicted molar refractivity (Wildman–Crippen MR) is 137 cm³/mol. The molecule has 0 aromatic heterocycles. The van der Waals surface area contributed by atoms with Crippen LogP contribution < -0.4 is 5.32 Å². The van der Waals surface area contributed by atoms with Gasteiger partial charge in [-0.25, -0.2) is 0 Å². The molecule has 3 nitrogen and oxygen atoms in total. The van der Waals surface area contributed by atoms with E-state index >= 15 is 0 Å². The average Bonchev–Trinajstić information content (AvgIpc) is 2.84. The first kappa shape index (κ1) is 23.0. The molecule has 0 heterocycles. The highest BCUT2D eigenvalue weighted by Crippen LogP contribution is 2.24. The Hall–Kier alpha value is -3.14. The van der Waals surface area contributed by atoms with Crippen molar-refractivity contribution in [1.29, 1.82) is 0 Å². The lowest BCUT2D eigenvalue weighted by atomic mass is 9.99. The van der Waals surface area contributed by atoms with E-state index in [4.69, 9.17) is 11.6 Å². The Morgan fingerprint density at radius 3 is 2.33 bits per heavy atom. The summed E-state index contributed by atoms with van der Waals surface area (Å²) < 4.78 is 0. The van der Waals surface area contributed by atoms with Gasteiger partial charge in [-0.05, 0) is 46.5 Å². The van der Waals surface area contributed by atoms with Crippen LogP contribution in [0.25, 0.3) is 10.8 Å². The molecule has 0 aliphatic rings. The van der Waals surface area contributed by atoms with Crippen molar-refractivity contribution in [3.05, 3.63) is 119 Å². The fourth-order valence-electron chi connectivity index (χ4n) is 4.18. The SMILES string of the molecule is C[C@@H](NCCC(=O)N(Cc1ccccc1)Cc1cccc(Cl)c1)c1cccc2ccccc12. The lowest BCUT2D eigenvalue weighted by molar-refractivity contribution is -0.132. The standard InChI is InChI=1S/C29H29ClN2O/c1-22(27-16-8-13-25-12-5-6-15-28(25)27)31-18-17-29(33)32(20-23-9-3-2-4-10-23)21-24-11-7-14-26(30)19-24/h2-16,19,22,31H,17-18,20-21H2,1H3/t22-/m1/s1. The Balaban J connectivity index is 1.41. The summed E-state index contributed by atoms with van der Waals surface area (Å²) in [6, 6.07) is 32.8. The molecule has 4 rings (SSSR count). The third-order valence-corrected chi connectivity index (χ3v) is 6.15. The third kappa shape index (κ3) is 6.22. The van der Waals surface area contributed by atoms with Crippen LogP contribution in [-0.4, -0.2) is 17.4 Å². The second-order valence-corrected chi connectivity index (χ2v) is 8.80. The number of carbonyl (C=O) groups excluding carboxylic acids is 1. The van der Waals surface area contributed by atoms with E-state index in [-0.39, 0.29) is 11.9 Å². The second kappa shape index (κ2) is 11.1. The van der Waals surface area contributed by atoms with Gasteiger partial charge in [0.25, 0.3) is 0 Å². The summed E-state index contributed by atoms with van der Waals surface area (Å²) in [5.41, 5.74) is 3.40. The van der Waals surface area contributed by atoms with Crippen molar-refractivity contribution in [3.8, 4) is 0 Å². The number of carbonyl (C=O) groups is 1. The van der Waals surface area contributed by atoms with Crippen molar-refractivity contribution in [2.75, 3.05) is 6.54 Å². The molecule has 0 spiro atoms. The Bertz CT molecular complexity index is 1200. The van der Waals surface area contributed by atoms with Gasteiger partial charge < -0.3 is 10.2 Å². The number of nitrogens with zero attached hydrogens (tertiary/aromatic N) is 1. The van der Waals surface area contributed by atoms with Crippen molar-refractivity contribution < 1.29 is 4.79 Å². The summed E-state index contributed by atoms with van der Waals surface area (Å²) >= 11 is 6.17. The van der Waals surface area contributed by atoms with Crippen LogP contribution in [0.3, 0.4) is 0 Å². The summed E-state index contributed by atoms with van der Waals surface area (Å²) in [5, 5.41) is 6.71. The first-order chi connectivity index (χ1) is 16.1. The van der Waals surface area contributed by atoms with Gasteiger partial charge >= 0.3 is 0 Å². The molecule has 0 unspecified atom stereocenters. The predicted octanol–water partition coefficient (Wildman–Crippen LogP) is 6.76. The summed E-state index contributed by atoms with van der Waals surface area (Å²) in [6.07, 6.45) is 0.433. The molecular weight excluding hydrogens is 428 g/mol. The Labute approximate surface area is 201 Å². The molecule has 0 fully saturated rings. The van der Waals surface area contributed by atoms with E-state index in [1.54, 1.807) is 0 Å². The minimum Gasteiger partial charge on any atom is -0.334 e. The van der Waals surface area contributed by atoms with Crippen LogP contribution in [0.1, 0.15) is 36.1 Å². The molecule has 4 aromatic carbocycles. The van der Waals surface area contributed by atoms with Crippen LogP contribution in [-0.2, 0) is 17.9 Å². The highest BCUT2D eigenvalue weighted by atomic mass is 35.5. The van der Waals surface area contributed by atoms with Crippen LogP contribution in [0.2, 0.25) is 5.02 Å². The maximum atomic E-state index is 13.2. The lowest BCUT2D eigenvalue weighted by Crippen LogP contribution is -2.33. The largest absolute Gasteiger partial charge is 0.334 e. The van der Waals surface area contributed by atoms with E-state index in [1.165, 1.54) is 16.3 Å². The zero-order valence-electron chi connectivity index (χ0n) is 18.9. The summed E-state index contributed by atoms with van der Waals surface area (Å²) in [7, 11) is 0. The normalized spacial score (nSPS) is 11.9.